The summed E-state index contributed by atoms with van der Waals surface area (Å²) in [5.41, 5.74) is 2.95. The van der Waals surface area contributed by atoms with Gasteiger partial charge in [0.15, 0.2) is 0 Å². The van der Waals surface area contributed by atoms with E-state index in [2.05, 4.69) is 19.0 Å². The summed E-state index contributed by atoms with van der Waals surface area (Å²) in [6.45, 7) is 0.996. The SMILES string of the molecule is CN(C)CC1CCc2ccc(C(=O)O)cc21. The fourth-order valence-corrected chi connectivity index (χ4v) is 2.45. The van der Waals surface area contributed by atoms with Crippen molar-refractivity contribution in [3.63, 3.8) is 0 Å². The largest absolute Gasteiger partial charge is 0.478 e. The molecule has 2 rings (SSSR count). The van der Waals surface area contributed by atoms with Gasteiger partial charge in [-0.15, -0.1) is 0 Å². The van der Waals surface area contributed by atoms with Crippen molar-refractivity contribution >= 4 is 5.97 Å². The summed E-state index contributed by atoms with van der Waals surface area (Å²) >= 11 is 0. The van der Waals surface area contributed by atoms with Crippen molar-refractivity contribution in [3.05, 3.63) is 34.9 Å². The molecule has 0 spiro atoms. The number of likely N-dealkylation sites (N-methyl/N-ethyl adjacent to an activating group) is 1. The molecular weight excluding hydrogens is 202 g/mol. The van der Waals surface area contributed by atoms with Crippen LogP contribution < -0.4 is 0 Å². The summed E-state index contributed by atoms with van der Waals surface area (Å²) in [4.78, 5) is 13.1. The third-order valence-corrected chi connectivity index (χ3v) is 3.18. The molecule has 1 aliphatic carbocycles. The van der Waals surface area contributed by atoms with Gasteiger partial charge in [-0.2, -0.15) is 0 Å². The molecule has 0 fully saturated rings. The zero-order valence-corrected chi connectivity index (χ0v) is 9.73. The maximum Gasteiger partial charge on any atom is 0.335 e. The number of hydrogen-bond acceptors (Lipinski definition) is 2. The van der Waals surface area contributed by atoms with Crippen LogP contribution in [0.2, 0.25) is 0 Å². The molecule has 0 radical (unpaired) electrons. The van der Waals surface area contributed by atoms with Crippen LogP contribution in [-0.4, -0.2) is 36.6 Å². The minimum Gasteiger partial charge on any atom is -0.478 e. The van der Waals surface area contributed by atoms with Gasteiger partial charge in [-0.25, -0.2) is 4.79 Å². The van der Waals surface area contributed by atoms with Crippen LogP contribution in [0, 0.1) is 0 Å². The first-order chi connectivity index (χ1) is 7.58. The molecular formula is C13H17NO2. The van der Waals surface area contributed by atoms with Crippen molar-refractivity contribution < 1.29 is 9.90 Å². The van der Waals surface area contributed by atoms with Crippen molar-refractivity contribution in [1.82, 2.24) is 4.90 Å². The second-order valence-electron chi connectivity index (χ2n) is 4.72. The van der Waals surface area contributed by atoms with Crippen LogP contribution in [-0.2, 0) is 6.42 Å². The zero-order valence-electron chi connectivity index (χ0n) is 9.73. The number of hydrogen-bond donors (Lipinski definition) is 1. The Morgan fingerprint density at radius 1 is 1.50 bits per heavy atom. The van der Waals surface area contributed by atoms with Crippen molar-refractivity contribution in [1.29, 1.82) is 0 Å². The maximum atomic E-state index is 10.9. The lowest BCUT2D eigenvalue weighted by atomic mass is 9.99. The van der Waals surface area contributed by atoms with Crippen LogP contribution >= 0.6 is 0 Å². The average Bonchev–Trinajstić information content (AvgIpc) is 2.60. The lowest BCUT2D eigenvalue weighted by Crippen LogP contribution is -2.19. The smallest absolute Gasteiger partial charge is 0.335 e. The molecule has 0 bridgehead atoms. The van der Waals surface area contributed by atoms with Crippen LogP contribution in [0.4, 0.5) is 0 Å². The van der Waals surface area contributed by atoms with E-state index in [1.165, 1.54) is 11.1 Å². The van der Waals surface area contributed by atoms with Crippen molar-refractivity contribution in [2.45, 2.75) is 18.8 Å². The van der Waals surface area contributed by atoms with E-state index in [9.17, 15) is 4.79 Å². The number of rotatable bonds is 3. The van der Waals surface area contributed by atoms with Crippen molar-refractivity contribution in [2.24, 2.45) is 0 Å². The lowest BCUT2D eigenvalue weighted by Gasteiger charge is -2.17. The van der Waals surface area contributed by atoms with E-state index < -0.39 is 5.97 Å². The molecule has 1 N–H and O–H groups in total. The van der Waals surface area contributed by atoms with E-state index in [1.807, 2.05) is 12.1 Å². The summed E-state index contributed by atoms with van der Waals surface area (Å²) in [5.74, 6) is -0.345. The summed E-state index contributed by atoms with van der Waals surface area (Å²) in [7, 11) is 4.11. The predicted octanol–water partition coefficient (Wildman–Crippen LogP) is 1.98. The lowest BCUT2D eigenvalue weighted by molar-refractivity contribution is 0.0697. The van der Waals surface area contributed by atoms with Gasteiger partial charge >= 0.3 is 5.97 Å². The van der Waals surface area contributed by atoms with Gasteiger partial charge in [0.2, 0.25) is 0 Å². The van der Waals surface area contributed by atoms with E-state index in [4.69, 9.17) is 5.11 Å². The van der Waals surface area contributed by atoms with Gasteiger partial charge in [-0.05, 0) is 56.1 Å². The molecule has 0 saturated carbocycles. The highest BCUT2D eigenvalue weighted by Gasteiger charge is 2.23. The number of nitrogens with zero attached hydrogens (tertiary/aromatic N) is 1. The summed E-state index contributed by atoms with van der Waals surface area (Å²) < 4.78 is 0. The highest BCUT2D eigenvalue weighted by molar-refractivity contribution is 5.88. The number of fused-ring (bicyclic) bond motifs is 1. The Kier molecular flexibility index (Phi) is 2.97. The van der Waals surface area contributed by atoms with Gasteiger partial charge in [0.1, 0.15) is 0 Å². The average molecular weight is 219 g/mol. The molecule has 3 heteroatoms. The first kappa shape index (κ1) is 11.1. The van der Waals surface area contributed by atoms with Crippen LogP contribution in [0.5, 0.6) is 0 Å². The molecule has 0 aliphatic heterocycles. The topological polar surface area (TPSA) is 40.5 Å². The van der Waals surface area contributed by atoms with Gasteiger partial charge in [-0.1, -0.05) is 6.07 Å². The number of carboxylic acid groups (broad SMARTS) is 1. The maximum absolute atomic E-state index is 10.9. The second-order valence-corrected chi connectivity index (χ2v) is 4.72. The van der Waals surface area contributed by atoms with Gasteiger partial charge in [0.25, 0.3) is 0 Å². The van der Waals surface area contributed by atoms with E-state index >= 15 is 0 Å². The quantitative estimate of drug-likeness (QED) is 0.845. The third kappa shape index (κ3) is 2.09. The van der Waals surface area contributed by atoms with Gasteiger partial charge in [0.05, 0.1) is 5.56 Å². The van der Waals surface area contributed by atoms with E-state index in [0.29, 0.717) is 11.5 Å². The number of carboxylic acids is 1. The summed E-state index contributed by atoms with van der Waals surface area (Å²) in [6, 6.07) is 5.52. The summed E-state index contributed by atoms with van der Waals surface area (Å²) in [5, 5.41) is 8.97. The Labute approximate surface area is 95.7 Å². The standard InChI is InChI=1S/C13H17NO2/c1-14(2)8-11-6-4-9-3-5-10(13(15)16)7-12(9)11/h3,5,7,11H,4,6,8H2,1-2H3,(H,15,16). The first-order valence-electron chi connectivity index (χ1n) is 5.59. The molecule has 1 aliphatic rings. The molecule has 0 saturated heterocycles. The Morgan fingerprint density at radius 3 is 2.88 bits per heavy atom. The fourth-order valence-electron chi connectivity index (χ4n) is 2.45. The molecule has 16 heavy (non-hydrogen) atoms. The van der Waals surface area contributed by atoms with Crippen LogP contribution in [0.15, 0.2) is 18.2 Å². The molecule has 86 valence electrons. The zero-order chi connectivity index (χ0) is 11.7. The molecule has 1 atom stereocenters. The normalized spacial score (nSPS) is 18.8. The number of aromatic carboxylic acids is 1. The number of aryl methyl sites for hydroxylation is 1. The summed E-state index contributed by atoms with van der Waals surface area (Å²) in [6.07, 6.45) is 2.21. The Hall–Kier alpha value is -1.35. The van der Waals surface area contributed by atoms with Crippen LogP contribution in [0.1, 0.15) is 33.8 Å². The molecule has 1 unspecified atom stereocenters. The molecule has 1 aromatic rings. The van der Waals surface area contributed by atoms with E-state index in [1.54, 1.807) is 6.07 Å². The van der Waals surface area contributed by atoms with Gasteiger partial charge < -0.3 is 10.0 Å². The second kappa shape index (κ2) is 4.26. The minimum absolute atomic E-state index is 0.407. The van der Waals surface area contributed by atoms with Crippen molar-refractivity contribution in [3.8, 4) is 0 Å². The minimum atomic E-state index is -0.835. The van der Waals surface area contributed by atoms with Crippen molar-refractivity contribution in [2.75, 3.05) is 20.6 Å². The molecule has 1 aromatic carbocycles. The molecule has 3 nitrogen and oxygen atoms in total. The number of benzene rings is 1. The molecule has 0 aromatic heterocycles. The van der Waals surface area contributed by atoms with Gasteiger partial charge in [0, 0.05) is 6.54 Å². The van der Waals surface area contributed by atoms with Crippen LogP contribution in [0.3, 0.4) is 0 Å². The number of carbonyl (C=O) groups is 1. The van der Waals surface area contributed by atoms with E-state index in [0.717, 1.165) is 19.4 Å². The first-order valence-corrected chi connectivity index (χ1v) is 5.59. The van der Waals surface area contributed by atoms with E-state index in [-0.39, 0.29) is 0 Å². The third-order valence-electron chi connectivity index (χ3n) is 3.18. The molecule has 0 heterocycles. The predicted molar refractivity (Wildman–Crippen MR) is 63.0 cm³/mol. The van der Waals surface area contributed by atoms with Gasteiger partial charge in [-0.3, -0.25) is 0 Å². The monoisotopic (exact) mass is 219 g/mol. The Morgan fingerprint density at radius 2 is 2.25 bits per heavy atom. The highest BCUT2D eigenvalue weighted by Crippen LogP contribution is 2.33. The van der Waals surface area contributed by atoms with Crippen LogP contribution in [0.25, 0.3) is 0 Å². The molecule has 0 amide bonds. The Balaban J connectivity index is 2.29. The Bertz CT molecular complexity index is 412. The highest BCUT2D eigenvalue weighted by atomic mass is 16.4. The fraction of sp³-hybridized carbons (Fsp3) is 0.462.